The highest BCUT2D eigenvalue weighted by molar-refractivity contribution is 6.16. The number of anilines is 2. The predicted octanol–water partition coefficient (Wildman–Crippen LogP) is 6.55. The molecule has 0 unspecified atom stereocenters. The molecule has 8 bridgehead atoms. The van der Waals surface area contributed by atoms with Crippen LogP contribution in [0.1, 0.15) is 32.1 Å². The molecule has 11 nitrogen and oxygen atoms in total. The summed E-state index contributed by atoms with van der Waals surface area (Å²) in [5.41, 5.74) is 6.86. The lowest BCUT2D eigenvalue weighted by Gasteiger charge is -2.24. The molecule has 8 rings (SSSR count). The highest BCUT2D eigenvalue weighted by Crippen LogP contribution is 2.39. The Bertz CT molecular complexity index is 1840. The van der Waals surface area contributed by atoms with Crippen LogP contribution in [0.25, 0.3) is 22.3 Å². The fourth-order valence-electron chi connectivity index (χ4n) is 6.98. The van der Waals surface area contributed by atoms with E-state index < -0.39 is 0 Å². The van der Waals surface area contributed by atoms with Crippen LogP contribution in [-0.2, 0) is 32.0 Å². The fraction of sp³-hybridized carbons (Fsp3) is 0.318. The Balaban J connectivity index is 1.30. The van der Waals surface area contributed by atoms with Gasteiger partial charge in [0, 0.05) is 61.8 Å². The molecule has 286 valence electrons. The van der Waals surface area contributed by atoms with Gasteiger partial charge >= 0.3 is 0 Å². The lowest BCUT2D eigenvalue weighted by atomic mass is 9.94. The second-order valence-corrected chi connectivity index (χ2v) is 13.7. The first-order chi connectivity index (χ1) is 27.1. The van der Waals surface area contributed by atoms with Gasteiger partial charge in [-0.25, -0.2) is 0 Å². The van der Waals surface area contributed by atoms with Gasteiger partial charge in [-0.15, -0.1) is 0 Å². The molecular formula is C44H49N5O6. The number of carbonyl (C=O) groups is 2. The van der Waals surface area contributed by atoms with Crippen molar-refractivity contribution in [3.8, 4) is 22.3 Å². The lowest BCUT2D eigenvalue weighted by Crippen LogP contribution is -2.32. The first kappa shape index (κ1) is 38.1. The summed E-state index contributed by atoms with van der Waals surface area (Å²) >= 11 is 0. The van der Waals surface area contributed by atoms with Crippen LogP contribution in [0.15, 0.2) is 109 Å². The van der Waals surface area contributed by atoms with Crippen LogP contribution < -0.4 is 10.6 Å². The molecule has 0 saturated carbocycles. The lowest BCUT2D eigenvalue weighted by molar-refractivity contribution is 0.00624. The standard InChI is InChI=1S/C44H49N5O6/c50-43-41-39(35-11-3-1-4-12-35)40(36-13-5-2-6-14-36)42(47-41)44(51)46-38-16-8-10-34(30-38)32-49-19-23-54-27-25-52-21-17-48(18-22-53-26-28-55-24-20-49)31-33-9-7-15-37(29-33)45-43/h1-16,29-30,47H,17-28,31-32H2,(H,45,50)(H,46,51). The van der Waals surface area contributed by atoms with Gasteiger partial charge in [0.1, 0.15) is 11.4 Å². The van der Waals surface area contributed by atoms with E-state index in [9.17, 15) is 9.59 Å². The molecule has 3 aliphatic rings. The average molecular weight is 744 g/mol. The van der Waals surface area contributed by atoms with Crippen molar-refractivity contribution in [1.29, 1.82) is 0 Å². The van der Waals surface area contributed by atoms with Crippen LogP contribution in [0.5, 0.6) is 0 Å². The third kappa shape index (κ3) is 10.5. The summed E-state index contributed by atoms with van der Waals surface area (Å²) in [7, 11) is 0. The zero-order valence-corrected chi connectivity index (χ0v) is 31.1. The summed E-state index contributed by atoms with van der Waals surface area (Å²) in [4.78, 5) is 36.7. The van der Waals surface area contributed by atoms with Gasteiger partial charge in [0.15, 0.2) is 0 Å². The Kier molecular flexibility index (Phi) is 13.5. The smallest absolute Gasteiger partial charge is 0.272 e. The first-order valence-electron chi connectivity index (χ1n) is 19.0. The number of aromatic nitrogens is 1. The number of amides is 2. The van der Waals surface area contributed by atoms with E-state index in [1.54, 1.807) is 0 Å². The molecule has 0 atom stereocenters. The highest BCUT2D eigenvalue weighted by atomic mass is 16.5. The normalized spacial score (nSPS) is 19.8. The first-order valence-corrected chi connectivity index (χ1v) is 19.0. The van der Waals surface area contributed by atoms with Crippen LogP contribution in [0.2, 0.25) is 0 Å². The Hall–Kier alpha value is -5.14. The molecule has 1 aromatic heterocycles. The van der Waals surface area contributed by atoms with Gasteiger partial charge in [0.05, 0.1) is 52.9 Å². The number of carbonyl (C=O) groups excluding carboxylic acids is 2. The molecule has 2 amide bonds. The van der Waals surface area contributed by atoms with Crippen molar-refractivity contribution in [2.24, 2.45) is 0 Å². The predicted molar refractivity (Wildman–Crippen MR) is 214 cm³/mol. The van der Waals surface area contributed by atoms with Crippen LogP contribution in [0, 0.1) is 0 Å². The largest absolute Gasteiger partial charge is 0.378 e. The van der Waals surface area contributed by atoms with Gasteiger partial charge < -0.3 is 34.6 Å². The molecule has 0 aliphatic carbocycles. The zero-order chi connectivity index (χ0) is 37.7. The Morgan fingerprint density at radius 1 is 0.436 bits per heavy atom. The number of hydrogen-bond donors (Lipinski definition) is 3. The molecule has 0 radical (unpaired) electrons. The summed E-state index contributed by atoms with van der Waals surface area (Å²) in [6.45, 7) is 8.36. The second kappa shape index (κ2) is 19.4. The Morgan fingerprint density at radius 2 is 0.818 bits per heavy atom. The van der Waals surface area contributed by atoms with Crippen molar-refractivity contribution in [1.82, 2.24) is 14.8 Å². The van der Waals surface area contributed by atoms with Gasteiger partial charge in [-0.05, 0) is 46.5 Å². The topological polar surface area (TPSA) is 117 Å². The number of H-pyrrole nitrogens is 1. The summed E-state index contributed by atoms with van der Waals surface area (Å²) in [5.74, 6) is -0.707. The number of benzene rings is 4. The quantitative estimate of drug-likeness (QED) is 0.187. The van der Waals surface area contributed by atoms with E-state index in [2.05, 4.69) is 37.6 Å². The maximum atomic E-state index is 14.4. The molecule has 1 saturated heterocycles. The number of aromatic amines is 1. The van der Waals surface area contributed by atoms with Crippen LogP contribution in [0.4, 0.5) is 11.4 Å². The summed E-state index contributed by atoms with van der Waals surface area (Å²) in [6.07, 6.45) is 0. The molecule has 1 fully saturated rings. The Morgan fingerprint density at radius 3 is 1.20 bits per heavy atom. The van der Waals surface area contributed by atoms with Crippen molar-refractivity contribution in [2.45, 2.75) is 13.1 Å². The summed E-state index contributed by atoms with van der Waals surface area (Å²) in [5, 5.41) is 6.26. The van der Waals surface area contributed by atoms with E-state index in [0.717, 1.165) is 22.3 Å². The monoisotopic (exact) mass is 743 g/mol. The molecule has 4 heterocycles. The molecule has 11 heteroatoms. The average Bonchev–Trinajstić information content (AvgIpc) is 3.61. The Labute approximate surface area is 322 Å². The van der Waals surface area contributed by atoms with Gasteiger partial charge in [0.25, 0.3) is 11.8 Å². The van der Waals surface area contributed by atoms with Crippen molar-refractivity contribution in [2.75, 3.05) is 89.7 Å². The van der Waals surface area contributed by atoms with E-state index in [1.807, 2.05) is 97.1 Å². The molecule has 4 aromatic carbocycles. The van der Waals surface area contributed by atoms with E-state index in [0.29, 0.717) is 126 Å². The van der Waals surface area contributed by atoms with E-state index in [4.69, 9.17) is 18.9 Å². The zero-order valence-electron chi connectivity index (χ0n) is 31.1. The van der Waals surface area contributed by atoms with Crippen molar-refractivity contribution in [3.05, 3.63) is 132 Å². The molecule has 3 N–H and O–H groups in total. The molecule has 0 spiro atoms. The molecular weight excluding hydrogens is 695 g/mol. The summed E-state index contributed by atoms with van der Waals surface area (Å²) < 4.78 is 23.9. The minimum atomic E-state index is -0.353. The molecule has 55 heavy (non-hydrogen) atoms. The third-order valence-corrected chi connectivity index (χ3v) is 9.71. The number of rotatable bonds is 2. The second-order valence-electron chi connectivity index (χ2n) is 13.7. The summed E-state index contributed by atoms with van der Waals surface area (Å²) in [6, 6.07) is 35.2. The van der Waals surface area contributed by atoms with E-state index in [-0.39, 0.29) is 11.8 Å². The number of nitrogens with one attached hydrogen (secondary N) is 3. The molecule has 5 aromatic rings. The maximum absolute atomic E-state index is 14.4. The van der Waals surface area contributed by atoms with E-state index >= 15 is 0 Å². The van der Waals surface area contributed by atoms with Crippen LogP contribution in [-0.4, -0.2) is 106 Å². The minimum absolute atomic E-state index is 0.293. The van der Waals surface area contributed by atoms with Crippen LogP contribution in [0.3, 0.4) is 0 Å². The SMILES string of the molecule is O=C1Nc2cccc(c2)CN2CCOCCOCCN(CCOCCOCC2)Cc2cccc(c2)NC(=O)c2[nH]c1c(-c1ccccc1)c2-c1ccccc1. The van der Waals surface area contributed by atoms with Crippen LogP contribution >= 0.6 is 0 Å². The van der Waals surface area contributed by atoms with Crippen molar-refractivity contribution in [3.63, 3.8) is 0 Å². The van der Waals surface area contributed by atoms with Gasteiger partial charge in [-0.3, -0.25) is 19.4 Å². The number of ether oxygens (including phenoxy) is 4. The van der Waals surface area contributed by atoms with Crippen molar-refractivity contribution >= 4 is 23.2 Å². The van der Waals surface area contributed by atoms with E-state index in [1.165, 1.54) is 0 Å². The van der Waals surface area contributed by atoms with Gasteiger partial charge in [-0.1, -0.05) is 84.9 Å². The fourth-order valence-corrected chi connectivity index (χ4v) is 6.98. The number of nitrogens with zero attached hydrogens (tertiary/aromatic N) is 2. The maximum Gasteiger partial charge on any atom is 0.272 e. The van der Waals surface area contributed by atoms with Crippen molar-refractivity contribution < 1.29 is 28.5 Å². The number of fused-ring (bicyclic) bond motifs is 16. The third-order valence-electron chi connectivity index (χ3n) is 9.71. The van der Waals surface area contributed by atoms with Gasteiger partial charge in [-0.2, -0.15) is 0 Å². The van der Waals surface area contributed by atoms with Gasteiger partial charge in [0.2, 0.25) is 0 Å². The highest BCUT2D eigenvalue weighted by Gasteiger charge is 2.28. The molecule has 3 aliphatic heterocycles. The minimum Gasteiger partial charge on any atom is -0.378 e. The number of hydrogen-bond acceptors (Lipinski definition) is 8.